The van der Waals surface area contributed by atoms with Gasteiger partial charge in [-0.2, -0.15) is 0 Å². The predicted octanol–water partition coefficient (Wildman–Crippen LogP) is 3.35. The maximum atomic E-state index is 12.5. The van der Waals surface area contributed by atoms with Gasteiger partial charge in [-0.25, -0.2) is 4.79 Å². The minimum atomic E-state index is -0.492. The molecule has 2 amide bonds. The lowest BCUT2D eigenvalue weighted by Gasteiger charge is -2.26. The van der Waals surface area contributed by atoms with Crippen LogP contribution in [0.2, 0.25) is 5.02 Å². The lowest BCUT2D eigenvalue weighted by atomic mass is 10.0. The molecule has 2 fully saturated rings. The Hall–Kier alpha value is -1.95. The number of likely N-dealkylation sites (tertiary alicyclic amines) is 2. The topological polar surface area (TPSA) is 59.1 Å². The van der Waals surface area contributed by atoms with Crippen molar-refractivity contribution in [2.45, 2.75) is 33.3 Å². The average molecular weight is 395 g/mol. The van der Waals surface area contributed by atoms with Crippen molar-refractivity contribution in [3.8, 4) is 5.75 Å². The minimum absolute atomic E-state index is 0.0116. The van der Waals surface area contributed by atoms with Crippen molar-refractivity contribution in [2.75, 3.05) is 32.8 Å². The first-order valence-corrected chi connectivity index (χ1v) is 9.65. The van der Waals surface area contributed by atoms with E-state index in [1.165, 1.54) is 0 Å². The standard InChI is InChI=1S/C20H27ClN2O4/c1-13-7-16(21)5-6-17(13)26-12-18(24)22-8-14-10-23(11-15(14)9-22)19(25)27-20(2,3)4/h5-7,14-15H,8-12H2,1-4H3. The van der Waals surface area contributed by atoms with Crippen molar-refractivity contribution >= 4 is 23.6 Å². The molecule has 2 unspecified atom stereocenters. The van der Waals surface area contributed by atoms with Gasteiger partial charge in [-0.3, -0.25) is 4.79 Å². The lowest BCUT2D eigenvalue weighted by molar-refractivity contribution is -0.132. The van der Waals surface area contributed by atoms with E-state index in [1.54, 1.807) is 17.0 Å². The molecule has 2 aliphatic heterocycles. The summed E-state index contributed by atoms with van der Waals surface area (Å²) in [6, 6.07) is 5.34. The number of carbonyl (C=O) groups excluding carboxylic acids is 2. The van der Waals surface area contributed by atoms with E-state index in [9.17, 15) is 9.59 Å². The molecule has 1 aromatic carbocycles. The predicted molar refractivity (Wildman–Crippen MR) is 103 cm³/mol. The van der Waals surface area contributed by atoms with E-state index in [-0.39, 0.29) is 18.6 Å². The van der Waals surface area contributed by atoms with Crippen LogP contribution in [0.3, 0.4) is 0 Å². The van der Waals surface area contributed by atoms with Gasteiger partial charge in [0.05, 0.1) is 0 Å². The lowest BCUT2D eigenvalue weighted by Crippen LogP contribution is -2.39. The third kappa shape index (κ3) is 4.86. The Morgan fingerprint density at radius 1 is 1.11 bits per heavy atom. The van der Waals surface area contributed by atoms with Crippen LogP contribution in [0.15, 0.2) is 18.2 Å². The summed E-state index contributed by atoms with van der Waals surface area (Å²) < 4.78 is 11.1. The van der Waals surface area contributed by atoms with Crippen LogP contribution >= 0.6 is 11.6 Å². The minimum Gasteiger partial charge on any atom is -0.483 e. The van der Waals surface area contributed by atoms with Gasteiger partial charge >= 0.3 is 6.09 Å². The van der Waals surface area contributed by atoms with Crippen molar-refractivity contribution in [3.05, 3.63) is 28.8 Å². The number of nitrogens with zero attached hydrogens (tertiary/aromatic N) is 2. The molecule has 7 heteroatoms. The summed E-state index contributed by atoms with van der Waals surface area (Å²) in [7, 11) is 0. The summed E-state index contributed by atoms with van der Waals surface area (Å²) in [5, 5.41) is 0.646. The number of amides is 2. The summed E-state index contributed by atoms with van der Waals surface area (Å²) in [6.07, 6.45) is -0.267. The highest BCUT2D eigenvalue weighted by atomic mass is 35.5. The second-order valence-electron chi connectivity index (χ2n) is 8.40. The first-order valence-electron chi connectivity index (χ1n) is 9.27. The Morgan fingerprint density at radius 2 is 1.70 bits per heavy atom. The Labute approximate surface area is 165 Å². The van der Waals surface area contributed by atoms with E-state index in [0.717, 1.165) is 5.56 Å². The number of benzene rings is 1. The highest BCUT2D eigenvalue weighted by molar-refractivity contribution is 6.30. The Balaban J connectivity index is 1.48. The van der Waals surface area contributed by atoms with Crippen LogP contribution in [0.4, 0.5) is 4.79 Å². The van der Waals surface area contributed by atoms with E-state index >= 15 is 0 Å². The summed E-state index contributed by atoms with van der Waals surface area (Å²) in [5.74, 6) is 1.25. The van der Waals surface area contributed by atoms with Crippen molar-refractivity contribution in [1.82, 2.24) is 9.80 Å². The van der Waals surface area contributed by atoms with Crippen LogP contribution in [0.25, 0.3) is 0 Å². The summed E-state index contributed by atoms with van der Waals surface area (Å²) in [5.41, 5.74) is 0.412. The van der Waals surface area contributed by atoms with Crippen LogP contribution in [-0.4, -0.2) is 60.2 Å². The third-order valence-electron chi connectivity index (χ3n) is 4.98. The quantitative estimate of drug-likeness (QED) is 0.788. The fourth-order valence-electron chi connectivity index (χ4n) is 3.68. The molecule has 6 nitrogen and oxygen atoms in total. The number of ether oxygens (including phenoxy) is 2. The number of aryl methyl sites for hydroxylation is 1. The molecule has 2 heterocycles. The molecule has 27 heavy (non-hydrogen) atoms. The van der Waals surface area contributed by atoms with Crippen LogP contribution in [0.5, 0.6) is 5.75 Å². The van der Waals surface area contributed by atoms with E-state index in [2.05, 4.69) is 0 Å². The maximum Gasteiger partial charge on any atom is 0.410 e. The van der Waals surface area contributed by atoms with Gasteiger partial charge < -0.3 is 19.3 Å². The largest absolute Gasteiger partial charge is 0.483 e. The van der Waals surface area contributed by atoms with Crippen LogP contribution < -0.4 is 4.74 Å². The molecule has 3 rings (SSSR count). The van der Waals surface area contributed by atoms with E-state index in [4.69, 9.17) is 21.1 Å². The van der Waals surface area contributed by atoms with Crippen molar-refractivity contribution in [2.24, 2.45) is 11.8 Å². The fourth-order valence-corrected chi connectivity index (χ4v) is 3.90. The third-order valence-corrected chi connectivity index (χ3v) is 5.21. The zero-order valence-corrected chi connectivity index (χ0v) is 17.1. The van der Waals surface area contributed by atoms with Crippen molar-refractivity contribution in [3.63, 3.8) is 0 Å². The number of hydrogen-bond donors (Lipinski definition) is 0. The van der Waals surface area contributed by atoms with Gasteiger partial charge in [0.2, 0.25) is 0 Å². The molecule has 2 atom stereocenters. The highest BCUT2D eigenvalue weighted by Gasteiger charge is 2.44. The molecule has 0 aromatic heterocycles. The molecule has 0 spiro atoms. The molecule has 2 saturated heterocycles. The number of fused-ring (bicyclic) bond motifs is 1. The van der Waals surface area contributed by atoms with E-state index in [1.807, 2.05) is 38.7 Å². The maximum absolute atomic E-state index is 12.5. The van der Waals surface area contributed by atoms with Gasteiger partial charge in [0.1, 0.15) is 11.4 Å². The average Bonchev–Trinajstić information content (AvgIpc) is 3.11. The second kappa shape index (κ2) is 7.58. The molecule has 0 aliphatic carbocycles. The molecular formula is C20H27ClN2O4. The number of hydrogen-bond acceptors (Lipinski definition) is 4. The molecular weight excluding hydrogens is 368 g/mol. The molecule has 0 saturated carbocycles. The van der Waals surface area contributed by atoms with Gasteiger partial charge in [-0.05, 0) is 51.5 Å². The molecule has 0 N–H and O–H groups in total. The van der Waals surface area contributed by atoms with Crippen molar-refractivity contribution < 1.29 is 19.1 Å². The first-order chi connectivity index (χ1) is 12.6. The molecule has 0 bridgehead atoms. The van der Waals surface area contributed by atoms with Crippen molar-refractivity contribution in [1.29, 1.82) is 0 Å². The van der Waals surface area contributed by atoms with Crippen LogP contribution in [-0.2, 0) is 9.53 Å². The zero-order chi connectivity index (χ0) is 19.8. The molecule has 148 valence electrons. The van der Waals surface area contributed by atoms with Gasteiger partial charge in [-0.1, -0.05) is 11.6 Å². The van der Waals surface area contributed by atoms with Crippen LogP contribution in [0.1, 0.15) is 26.3 Å². The highest BCUT2D eigenvalue weighted by Crippen LogP contribution is 2.32. The number of rotatable bonds is 3. The molecule has 1 aromatic rings. The summed E-state index contributed by atoms with van der Waals surface area (Å²) in [6.45, 7) is 10.1. The van der Waals surface area contributed by atoms with Gasteiger partial charge in [0.15, 0.2) is 6.61 Å². The Morgan fingerprint density at radius 3 is 2.26 bits per heavy atom. The smallest absolute Gasteiger partial charge is 0.410 e. The Kier molecular flexibility index (Phi) is 5.56. The second-order valence-corrected chi connectivity index (χ2v) is 8.84. The summed E-state index contributed by atoms with van der Waals surface area (Å²) in [4.78, 5) is 28.3. The fraction of sp³-hybridized carbons (Fsp3) is 0.600. The van der Waals surface area contributed by atoms with E-state index < -0.39 is 5.60 Å². The van der Waals surface area contributed by atoms with Gasteiger partial charge in [0, 0.05) is 43.0 Å². The first kappa shape index (κ1) is 19.8. The van der Waals surface area contributed by atoms with Gasteiger partial charge in [0.25, 0.3) is 5.91 Å². The number of carbonyl (C=O) groups is 2. The van der Waals surface area contributed by atoms with Gasteiger partial charge in [-0.15, -0.1) is 0 Å². The normalized spacial score (nSPS) is 22.0. The Bertz CT molecular complexity index is 717. The molecule has 2 aliphatic rings. The zero-order valence-electron chi connectivity index (χ0n) is 16.3. The monoisotopic (exact) mass is 394 g/mol. The van der Waals surface area contributed by atoms with E-state index in [0.29, 0.717) is 48.8 Å². The number of halogens is 1. The van der Waals surface area contributed by atoms with Crippen LogP contribution in [0, 0.1) is 18.8 Å². The SMILES string of the molecule is Cc1cc(Cl)ccc1OCC(=O)N1CC2CN(C(=O)OC(C)(C)C)CC2C1. The molecule has 0 radical (unpaired) electrons. The summed E-state index contributed by atoms with van der Waals surface area (Å²) >= 11 is 5.94.